The molecule has 12 rings (SSSR count). The minimum Gasteiger partial charge on any atom is -0.309 e. The fourth-order valence-electron chi connectivity index (χ4n) is 9.03. The Hall–Kier alpha value is -7.82. The van der Waals surface area contributed by atoms with E-state index in [2.05, 4.69) is 191 Å². The first-order chi connectivity index (χ1) is 28.7. The molecule has 0 aliphatic heterocycles. The summed E-state index contributed by atoms with van der Waals surface area (Å²) in [6.45, 7) is 0. The third-order valence-corrected chi connectivity index (χ3v) is 11.7. The molecule has 0 saturated heterocycles. The SMILES string of the molecule is c1ccc(-c2cc(-c3ccccc3)cc(-n3c4ccccc4c4ccc(-c5ccc6c(ccc7c6c6ccccc6n7-c6ncc7ccccc7n6)c5)cc43)c2)cc1. The van der Waals surface area contributed by atoms with Crippen LogP contribution in [0.15, 0.2) is 206 Å². The molecule has 0 saturated carbocycles. The lowest BCUT2D eigenvalue weighted by molar-refractivity contribution is 1.01. The van der Waals surface area contributed by atoms with Gasteiger partial charge in [0.15, 0.2) is 0 Å². The van der Waals surface area contributed by atoms with Crippen LogP contribution in [0, 0.1) is 0 Å². The predicted octanol–water partition coefficient (Wildman–Crippen LogP) is 14.0. The molecule has 0 atom stereocenters. The van der Waals surface area contributed by atoms with Crippen molar-refractivity contribution >= 4 is 65.3 Å². The molecule has 0 unspecified atom stereocenters. The quantitative estimate of drug-likeness (QED) is 0.176. The van der Waals surface area contributed by atoms with Gasteiger partial charge in [-0.25, -0.2) is 9.97 Å². The van der Waals surface area contributed by atoms with Gasteiger partial charge in [0, 0.05) is 38.8 Å². The van der Waals surface area contributed by atoms with Crippen LogP contribution in [0.4, 0.5) is 0 Å². The van der Waals surface area contributed by atoms with Gasteiger partial charge in [-0.05, 0) is 98.8 Å². The second-order valence-corrected chi connectivity index (χ2v) is 15.1. The maximum Gasteiger partial charge on any atom is 0.235 e. The van der Waals surface area contributed by atoms with Crippen LogP contribution in [0.2, 0.25) is 0 Å². The summed E-state index contributed by atoms with van der Waals surface area (Å²) < 4.78 is 4.65. The Balaban J connectivity index is 1.04. The summed E-state index contributed by atoms with van der Waals surface area (Å²) in [6, 6.07) is 72.2. The number of benzene rings is 9. The number of fused-ring (bicyclic) bond motifs is 9. The Morgan fingerprint density at radius 3 is 1.69 bits per heavy atom. The van der Waals surface area contributed by atoms with Crippen molar-refractivity contribution in [3.63, 3.8) is 0 Å². The van der Waals surface area contributed by atoms with Crippen LogP contribution in [-0.4, -0.2) is 19.1 Å². The van der Waals surface area contributed by atoms with Gasteiger partial charge in [-0.15, -0.1) is 0 Å². The van der Waals surface area contributed by atoms with Gasteiger partial charge < -0.3 is 4.57 Å². The summed E-state index contributed by atoms with van der Waals surface area (Å²) >= 11 is 0. The third kappa shape index (κ3) is 5.09. The number of aromatic nitrogens is 4. The predicted molar refractivity (Wildman–Crippen MR) is 242 cm³/mol. The molecule has 0 aliphatic carbocycles. The van der Waals surface area contributed by atoms with E-state index in [0.717, 1.165) is 27.6 Å². The molecule has 0 N–H and O–H groups in total. The number of rotatable bonds is 5. The number of nitrogens with zero attached hydrogens (tertiary/aromatic N) is 4. The van der Waals surface area contributed by atoms with Crippen LogP contribution in [-0.2, 0) is 0 Å². The van der Waals surface area contributed by atoms with Gasteiger partial charge in [0.05, 0.1) is 27.6 Å². The molecule has 0 radical (unpaired) electrons. The van der Waals surface area contributed by atoms with Gasteiger partial charge in [0.1, 0.15) is 0 Å². The van der Waals surface area contributed by atoms with Gasteiger partial charge in [0.2, 0.25) is 5.95 Å². The van der Waals surface area contributed by atoms with Gasteiger partial charge in [-0.2, -0.15) is 0 Å². The van der Waals surface area contributed by atoms with E-state index in [0.29, 0.717) is 5.95 Å². The first-order valence-corrected chi connectivity index (χ1v) is 19.7. The van der Waals surface area contributed by atoms with Gasteiger partial charge >= 0.3 is 0 Å². The van der Waals surface area contributed by atoms with Crippen LogP contribution in [0.5, 0.6) is 0 Å². The van der Waals surface area contributed by atoms with Gasteiger partial charge in [-0.1, -0.05) is 146 Å². The summed E-state index contributed by atoms with van der Waals surface area (Å²) in [5.74, 6) is 0.676. The van der Waals surface area contributed by atoms with Crippen molar-refractivity contribution in [1.82, 2.24) is 19.1 Å². The van der Waals surface area contributed by atoms with E-state index in [1.165, 1.54) is 76.7 Å². The highest BCUT2D eigenvalue weighted by atomic mass is 15.2. The lowest BCUT2D eigenvalue weighted by Gasteiger charge is -2.14. The van der Waals surface area contributed by atoms with Crippen LogP contribution in [0.25, 0.3) is 110 Å². The zero-order chi connectivity index (χ0) is 38.2. The Bertz CT molecular complexity index is 3500. The van der Waals surface area contributed by atoms with Crippen molar-refractivity contribution < 1.29 is 0 Å². The summed E-state index contributed by atoms with van der Waals surface area (Å²) in [6.07, 6.45) is 1.92. The summed E-state index contributed by atoms with van der Waals surface area (Å²) in [4.78, 5) is 9.85. The van der Waals surface area contributed by atoms with Crippen molar-refractivity contribution in [2.24, 2.45) is 0 Å². The second kappa shape index (κ2) is 12.9. The molecule has 270 valence electrons. The molecule has 9 aromatic carbocycles. The highest BCUT2D eigenvalue weighted by Gasteiger charge is 2.19. The highest BCUT2D eigenvalue weighted by molar-refractivity contribution is 6.21. The van der Waals surface area contributed by atoms with E-state index in [4.69, 9.17) is 9.97 Å². The average Bonchev–Trinajstić information content (AvgIpc) is 3.82. The maximum atomic E-state index is 5.01. The molecular weight excluding hydrogens is 705 g/mol. The van der Waals surface area contributed by atoms with Gasteiger partial charge in [-0.3, -0.25) is 4.57 Å². The summed E-state index contributed by atoms with van der Waals surface area (Å²) in [7, 11) is 0. The van der Waals surface area contributed by atoms with E-state index in [9.17, 15) is 0 Å². The smallest absolute Gasteiger partial charge is 0.235 e. The molecule has 0 fully saturated rings. The monoisotopic (exact) mass is 738 g/mol. The first kappa shape index (κ1) is 32.4. The van der Waals surface area contributed by atoms with Crippen molar-refractivity contribution in [2.75, 3.05) is 0 Å². The van der Waals surface area contributed by atoms with Crippen LogP contribution in [0.3, 0.4) is 0 Å². The molecule has 0 amide bonds. The average molecular weight is 739 g/mol. The zero-order valence-electron chi connectivity index (χ0n) is 31.4. The first-order valence-electron chi connectivity index (χ1n) is 19.7. The Kier molecular flexibility index (Phi) is 7.20. The molecule has 4 nitrogen and oxygen atoms in total. The van der Waals surface area contributed by atoms with Crippen LogP contribution < -0.4 is 0 Å². The molecule has 0 spiro atoms. The number of para-hydroxylation sites is 3. The van der Waals surface area contributed by atoms with Crippen LogP contribution in [0.1, 0.15) is 0 Å². The number of hydrogen-bond donors (Lipinski definition) is 0. The maximum absolute atomic E-state index is 5.01. The normalized spacial score (nSPS) is 11.8. The van der Waals surface area contributed by atoms with Crippen molar-refractivity contribution in [1.29, 1.82) is 0 Å². The van der Waals surface area contributed by atoms with Gasteiger partial charge in [0.25, 0.3) is 0 Å². The summed E-state index contributed by atoms with van der Waals surface area (Å²) in [5, 5.41) is 8.29. The second-order valence-electron chi connectivity index (χ2n) is 15.1. The standard InChI is InChI=1S/C54H34N4/c1-3-13-35(14-4-1)41-30-42(36-15-5-2-6-16-36)32-43(31-41)57-49-21-11-8-18-45(49)46-27-24-38(33-52(46)57)37-23-26-44-39(29-37)25-28-51-53(44)47-19-9-12-22-50(47)58(51)54-55-34-40-17-7-10-20-48(40)56-54/h1-34H. The largest absolute Gasteiger partial charge is 0.309 e. The fourth-order valence-corrected chi connectivity index (χ4v) is 9.03. The molecule has 4 heteroatoms. The topological polar surface area (TPSA) is 35.6 Å². The Labute approximate surface area is 334 Å². The van der Waals surface area contributed by atoms with E-state index in [-0.39, 0.29) is 0 Å². The lowest BCUT2D eigenvalue weighted by atomic mass is 9.97. The zero-order valence-corrected chi connectivity index (χ0v) is 31.4. The molecule has 58 heavy (non-hydrogen) atoms. The number of hydrogen-bond acceptors (Lipinski definition) is 2. The molecule has 3 heterocycles. The van der Waals surface area contributed by atoms with E-state index in [1.54, 1.807) is 0 Å². The van der Waals surface area contributed by atoms with E-state index >= 15 is 0 Å². The van der Waals surface area contributed by atoms with Crippen molar-refractivity contribution in [3.05, 3.63) is 206 Å². The van der Waals surface area contributed by atoms with E-state index < -0.39 is 0 Å². The van der Waals surface area contributed by atoms with Crippen LogP contribution >= 0.6 is 0 Å². The molecule has 12 aromatic rings. The minimum atomic E-state index is 0.676. The third-order valence-electron chi connectivity index (χ3n) is 11.7. The molecule has 0 bridgehead atoms. The van der Waals surface area contributed by atoms with E-state index in [1.807, 2.05) is 24.4 Å². The summed E-state index contributed by atoms with van der Waals surface area (Å²) in [5.41, 5.74) is 13.7. The molecule has 0 aliphatic rings. The lowest BCUT2D eigenvalue weighted by Crippen LogP contribution is -2.00. The Morgan fingerprint density at radius 1 is 0.328 bits per heavy atom. The Morgan fingerprint density at radius 2 is 0.931 bits per heavy atom. The van der Waals surface area contributed by atoms with Crippen molar-refractivity contribution in [2.45, 2.75) is 0 Å². The highest BCUT2D eigenvalue weighted by Crippen LogP contribution is 2.40. The fraction of sp³-hybridized carbons (Fsp3) is 0. The van der Waals surface area contributed by atoms with Crippen molar-refractivity contribution in [3.8, 4) is 45.0 Å². The molecular formula is C54H34N4. The molecule has 3 aromatic heterocycles. The minimum absolute atomic E-state index is 0.676.